The second-order valence-electron chi connectivity index (χ2n) is 18.8. The van der Waals surface area contributed by atoms with E-state index in [9.17, 15) is 15.2 Å². The van der Waals surface area contributed by atoms with Gasteiger partial charge in [-0.15, -0.1) is 0 Å². The summed E-state index contributed by atoms with van der Waals surface area (Å²) in [6.07, 6.45) is 37.5. The van der Waals surface area contributed by atoms with Crippen LogP contribution in [0.25, 0.3) is 0 Å². The standard InChI is InChI=1S/C60H79N7O3/c1-3-5-7-9-11-13-15-17-19-21-23-25-28-49-32-36-53(37-33-49)63-65-56-31-27-30-51(44-56)47-61-55-40-42-59(67(69)70)58(46-55)62-48-52-45-57(41-43-60(52)68)66-64-54-38-34-50(35-39-54)29-26-24-22-20-18-16-14-12-10-8-6-4-2/h27,30-48,68H,3-26,28-29H2,1-2H3. The van der Waals surface area contributed by atoms with Crippen LogP contribution in [0.3, 0.4) is 0 Å². The molecule has 70 heavy (non-hydrogen) atoms. The molecule has 5 aromatic carbocycles. The third-order valence-corrected chi connectivity index (χ3v) is 12.8. The van der Waals surface area contributed by atoms with E-state index in [1.807, 2.05) is 48.5 Å². The minimum Gasteiger partial charge on any atom is -0.507 e. The van der Waals surface area contributed by atoms with Gasteiger partial charge in [-0.05, 0) is 109 Å². The summed E-state index contributed by atoms with van der Waals surface area (Å²) in [5, 5.41) is 40.3. The molecule has 0 aromatic heterocycles. The van der Waals surface area contributed by atoms with Gasteiger partial charge in [0, 0.05) is 24.1 Å². The van der Waals surface area contributed by atoms with Crippen LogP contribution in [0.4, 0.5) is 39.8 Å². The van der Waals surface area contributed by atoms with Crippen LogP contribution in [0.2, 0.25) is 0 Å². The number of azo groups is 2. The third-order valence-electron chi connectivity index (χ3n) is 12.8. The number of unbranched alkanes of at least 4 members (excludes halogenated alkanes) is 22. The number of rotatable bonds is 35. The van der Waals surface area contributed by atoms with Crippen molar-refractivity contribution in [2.24, 2.45) is 30.4 Å². The van der Waals surface area contributed by atoms with Crippen LogP contribution in [0.5, 0.6) is 5.75 Å². The Balaban J connectivity index is 1.07. The van der Waals surface area contributed by atoms with E-state index in [1.165, 1.54) is 184 Å². The Bertz CT molecular complexity index is 2370. The molecule has 0 aliphatic heterocycles. The predicted octanol–water partition coefficient (Wildman–Crippen LogP) is 20.1. The van der Waals surface area contributed by atoms with Crippen LogP contribution < -0.4 is 0 Å². The molecule has 0 fully saturated rings. The highest BCUT2D eigenvalue weighted by Gasteiger charge is 2.14. The highest BCUT2D eigenvalue weighted by atomic mass is 16.6. The van der Waals surface area contributed by atoms with Crippen molar-refractivity contribution >= 4 is 52.2 Å². The lowest BCUT2D eigenvalue weighted by molar-refractivity contribution is -0.384. The van der Waals surface area contributed by atoms with Gasteiger partial charge in [0.2, 0.25) is 0 Å². The fraction of sp³-hybridized carbons (Fsp3) is 0.467. The topological polar surface area (TPSA) is 138 Å². The molecule has 0 saturated heterocycles. The Morgan fingerprint density at radius 1 is 0.443 bits per heavy atom. The Kier molecular flexibility index (Phi) is 26.1. The number of benzene rings is 5. The molecule has 0 spiro atoms. The van der Waals surface area contributed by atoms with E-state index >= 15 is 0 Å². The van der Waals surface area contributed by atoms with E-state index in [4.69, 9.17) is 0 Å². The summed E-state index contributed by atoms with van der Waals surface area (Å²) in [5.41, 5.74) is 6.84. The van der Waals surface area contributed by atoms with Gasteiger partial charge in [0.05, 0.1) is 33.4 Å². The quantitative estimate of drug-likeness (QED) is 0.0142. The van der Waals surface area contributed by atoms with Crippen LogP contribution in [0, 0.1) is 10.1 Å². The summed E-state index contributed by atoms with van der Waals surface area (Å²) in [7, 11) is 0. The number of nitrogens with zero attached hydrogens (tertiary/aromatic N) is 7. The Hall–Kier alpha value is -6.16. The van der Waals surface area contributed by atoms with Crippen LogP contribution in [-0.2, 0) is 12.8 Å². The largest absolute Gasteiger partial charge is 0.507 e. The fourth-order valence-electron chi connectivity index (χ4n) is 8.54. The summed E-state index contributed by atoms with van der Waals surface area (Å²) in [6.45, 7) is 4.54. The molecule has 0 heterocycles. The SMILES string of the molecule is CCCCCCCCCCCCCCc1ccc(N=Nc2cccc(C=Nc3ccc([N+](=O)[O-])c(N=Cc4cc(N=Nc5ccc(CCCCCCCCCCCCCC)cc5)ccc4O)c3)c2)cc1. The predicted molar refractivity (Wildman–Crippen MR) is 293 cm³/mol. The number of aryl methyl sites for hydroxylation is 2. The maximum Gasteiger partial charge on any atom is 0.294 e. The first kappa shape index (κ1) is 54.8. The zero-order valence-corrected chi connectivity index (χ0v) is 42.3. The van der Waals surface area contributed by atoms with Crippen molar-refractivity contribution in [2.75, 3.05) is 0 Å². The van der Waals surface area contributed by atoms with E-state index in [2.05, 4.69) is 68.6 Å². The fourth-order valence-corrected chi connectivity index (χ4v) is 8.54. The minimum atomic E-state index is -0.489. The molecule has 0 aliphatic rings. The van der Waals surface area contributed by atoms with Gasteiger partial charge < -0.3 is 5.11 Å². The number of hydrogen-bond acceptors (Lipinski definition) is 9. The van der Waals surface area contributed by atoms with Crippen molar-refractivity contribution in [3.05, 3.63) is 142 Å². The maximum atomic E-state index is 12.0. The van der Waals surface area contributed by atoms with E-state index in [0.717, 1.165) is 29.8 Å². The highest BCUT2D eigenvalue weighted by Crippen LogP contribution is 2.33. The number of aliphatic imine (C=N–C) groups is 2. The van der Waals surface area contributed by atoms with Gasteiger partial charge in [-0.25, -0.2) is 4.99 Å². The van der Waals surface area contributed by atoms with Gasteiger partial charge in [0.15, 0.2) is 0 Å². The minimum absolute atomic E-state index is 0.0410. The molecule has 0 atom stereocenters. The van der Waals surface area contributed by atoms with Gasteiger partial charge in [0.25, 0.3) is 5.69 Å². The summed E-state index contributed by atoms with van der Waals surface area (Å²) in [5.74, 6) is -0.0410. The Morgan fingerprint density at radius 3 is 1.36 bits per heavy atom. The molecular weight excluding hydrogens is 867 g/mol. The van der Waals surface area contributed by atoms with Gasteiger partial charge in [-0.2, -0.15) is 20.5 Å². The summed E-state index contributed by atoms with van der Waals surface area (Å²) in [6, 6.07) is 33.3. The lowest BCUT2D eigenvalue weighted by Crippen LogP contribution is -1.89. The molecule has 0 amide bonds. The second-order valence-corrected chi connectivity index (χ2v) is 18.8. The van der Waals surface area contributed by atoms with E-state index in [-0.39, 0.29) is 17.1 Å². The molecule has 10 nitrogen and oxygen atoms in total. The van der Waals surface area contributed by atoms with Crippen molar-refractivity contribution in [1.29, 1.82) is 0 Å². The lowest BCUT2D eigenvalue weighted by atomic mass is 10.0. The van der Waals surface area contributed by atoms with Crippen molar-refractivity contribution in [3.8, 4) is 5.75 Å². The first-order chi connectivity index (χ1) is 34.4. The molecule has 10 heteroatoms. The number of phenolic OH excluding ortho intramolecular Hbond substituents is 1. The molecule has 0 bridgehead atoms. The molecule has 0 unspecified atom stereocenters. The lowest BCUT2D eigenvalue weighted by Gasteiger charge is -2.04. The van der Waals surface area contributed by atoms with Gasteiger partial charge in [-0.1, -0.05) is 192 Å². The summed E-state index contributed by atoms with van der Waals surface area (Å²) < 4.78 is 0. The Labute approximate surface area is 419 Å². The summed E-state index contributed by atoms with van der Waals surface area (Å²) in [4.78, 5) is 20.5. The van der Waals surface area contributed by atoms with Gasteiger partial charge in [0.1, 0.15) is 11.4 Å². The number of phenols is 1. The molecule has 372 valence electrons. The van der Waals surface area contributed by atoms with Crippen LogP contribution in [0.1, 0.15) is 190 Å². The molecular formula is C60H79N7O3. The van der Waals surface area contributed by atoms with Crippen molar-refractivity contribution < 1.29 is 10.0 Å². The maximum absolute atomic E-state index is 12.0. The van der Waals surface area contributed by atoms with Crippen molar-refractivity contribution in [3.63, 3.8) is 0 Å². The molecule has 5 rings (SSSR count). The zero-order chi connectivity index (χ0) is 49.3. The normalized spacial score (nSPS) is 11.9. The number of hydrogen-bond donors (Lipinski definition) is 1. The van der Waals surface area contributed by atoms with E-state index in [0.29, 0.717) is 22.6 Å². The second kappa shape index (κ2) is 33.4. The molecule has 0 saturated carbocycles. The first-order valence-corrected chi connectivity index (χ1v) is 26.7. The van der Waals surface area contributed by atoms with Crippen molar-refractivity contribution in [1.82, 2.24) is 0 Å². The zero-order valence-electron chi connectivity index (χ0n) is 42.3. The van der Waals surface area contributed by atoms with Gasteiger partial charge in [-0.3, -0.25) is 15.1 Å². The van der Waals surface area contributed by atoms with Crippen LogP contribution >= 0.6 is 0 Å². The number of nitro groups is 1. The average Bonchev–Trinajstić information content (AvgIpc) is 3.38. The molecule has 0 radical (unpaired) electrons. The Morgan fingerprint density at radius 2 is 0.871 bits per heavy atom. The van der Waals surface area contributed by atoms with Crippen LogP contribution in [0.15, 0.2) is 140 Å². The first-order valence-electron chi connectivity index (χ1n) is 26.7. The highest BCUT2D eigenvalue weighted by molar-refractivity contribution is 5.88. The number of nitro benzene ring substituents is 1. The average molecular weight is 946 g/mol. The molecule has 5 aromatic rings. The third kappa shape index (κ3) is 22.1. The van der Waals surface area contributed by atoms with E-state index < -0.39 is 4.92 Å². The van der Waals surface area contributed by atoms with E-state index in [1.54, 1.807) is 30.5 Å². The molecule has 1 N–H and O–H groups in total. The van der Waals surface area contributed by atoms with Crippen molar-refractivity contribution in [2.45, 2.75) is 181 Å². The smallest absolute Gasteiger partial charge is 0.294 e. The molecule has 0 aliphatic carbocycles. The van der Waals surface area contributed by atoms with Crippen LogP contribution in [-0.4, -0.2) is 22.5 Å². The monoisotopic (exact) mass is 946 g/mol. The number of aromatic hydroxyl groups is 1. The summed E-state index contributed by atoms with van der Waals surface area (Å²) >= 11 is 0. The van der Waals surface area contributed by atoms with Gasteiger partial charge >= 0.3 is 0 Å².